The summed E-state index contributed by atoms with van der Waals surface area (Å²) in [5.74, 6) is -0.374. The molecule has 0 amide bonds. The SMILES string of the molecule is CCCCCCCC/C=C\CCCCCCCCCCCC(=O)OCC(COCCCCCCCCCCCCCCCCCCCC)OC(=O)CCCCCCCCCCC/C=C\CCCCCCCC. The van der Waals surface area contributed by atoms with Crippen molar-refractivity contribution < 1.29 is 23.8 Å². The van der Waals surface area contributed by atoms with E-state index in [2.05, 4.69) is 45.1 Å². The number of hydrogen-bond donors (Lipinski definition) is 0. The molecular weight excluding hydrogens is 885 g/mol. The van der Waals surface area contributed by atoms with Crippen molar-refractivity contribution in [3.8, 4) is 0 Å². The highest BCUT2D eigenvalue weighted by atomic mass is 16.6. The maximum Gasteiger partial charge on any atom is 0.306 e. The van der Waals surface area contributed by atoms with Gasteiger partial charge in [0.25, 0.3) is 0 Å². The molecule has 0 aromatic rings. The first-order valence-corrected chi connectivity index (χ1v) is 32.9. The molecule has 0 fully saturated rings. The highest BCUT2D eigenvalue weighted by molar-refractivity contribution is 5.70. The predicted octanol–water partition coefficient (Wildman–Crippen LogP) is 22.7. The zero-order valence-corrected chi connectivity index (χ0v) is 49.2. The molecule has 0 radical (unpaired) electrons. The van der Waals surface area contributed by atoms with Gasteiger partial charge in [0.15, 0.2) is 6.10 Å². The zero-order valence-electron chi connectivity index (χ0n) is 49.2. The van der Waals surface area contributed by atoms with Crippen LogP contribution in [0, 0.1) is 0 Å². The normalized spacial score (nSPS) is 12.2. The summed E-state index contributed by atoms with van der Waals surface area (Å²) in [5.41, 5.74) is 0. The molecule has 5 nitrogen and oxygen atoms in total. The molecule has 0 aliphatic rings. The van der Waals surface area contributed by atoms with Gasteiger partial charge in [-0.1, -0.05) is 308 Å². The molecule has 1 atom stereocenters. The second kappa shape index (κ2) is 63.7. The molecule has 0 aliphatic heterocycles. The smallest absolute Gasteiger partial charge is 0.306 e. The molecule has 0 aromatic carbocycles. The van der Waals surface area contributed by atoms with Crippen LogP contribution < -0.4 is 0 Å². The van der Waals surface area contributed by atoms with E-state index in [0.29, 0.717) is 26.1 Å². The zero-order chi connectivity index (χ0) is 52.0. The van der Waals surface area contributed by atoms with E-state index in [-0.39, 0.29) is 18.5 Å². The topological polar surface area (TPSA) is 61.8 Å². The molecule has 0 rings (SSSR count). The van der Waals surface area contributed by atoms with E-state index >= 15 is 0 Å². The molecule has 0 spiro atoms. The number of hydrogen-bond acceptors (Lipinski definition) is 5. The minimum absolute atomic E-state index is 0.0914. The predicted molar refractivity (Wildman–Crippen MR) is 316 cm³/mol. The summed E-state index contributed by atoms with van der Waals surface area (Å²) in [6.07, 6.45) is 77.9. The highest BCUT2D eigenvalue weighted by Gasteiger charge is 2.18. The molecule has 0 heterocycles. The fourth-order valence-electron chi connectivity index (χ4n) is 10.0. The first-order valence-electron chi connectivity index (χ1n) is 32.9. The third-order valence-corrected chi connectivity index (χ3v) is 15.0. The Bertz CT molecular complexity index is 1100. The standard InChI is InChI=1S/C67H128O5/c1-4-7-10-13-16-19-22-25-28-31-34-36-39-42-45-48-51-54-57-60-66(68)71-64-65(63-70-62-59-56-53-50-47-44-41-38-33-30-27-24-21-18-15-12-9-6-3)72-67(69)61-58-55-52-49-46-43-40-37-35-32-29-26-23-20-17-14-11-8-5-2/h25-26,28-29,65H,4-24,27,30-64H2,1-3H3/b28-25-,29-26-. The molecule has 0 bridgehead atoms. The Hall–Kier alpha value is -1.62. The van der Waals surface area contributed by atoms with Crippen molar-refractivity contribution in [1.29, 1.82) is 0 Å². The van der Waals surface area contributed by atoms with E-state index in [1.165, 1.54) is 302 Å². The summed E-state index contributed by atoms with van der Waals surface area (Å²) < 4.78 is 17.6. The van der Waals surface area contributed by atoms with Crippen LogP contribution in [0.25, 0.3) is 0 Å². The van der Waals surface area contributed by atoms with Crippen LogP contribution >= 0.6 is 0 Å². The second-order valence-corrected chi connectivity index (χ2v) is 22.4. The van der Waals surface area contributed by atoms with E-state index < -0.39 is 6.10 Å². The van der Waals surface area contributed by atoms with E-state index in [9.17, 15) is 9.59 Å². The van der Waals surface area contributed by atoms with Crippen LogP contribution in [0.3, 0.4) is 0 Å². The maximum atomic E-state index is 12.9. The third-order valence-electron chi connectivity index (χ3n) is 15.0. The first kappa shape index (κ1) is 70.4. The number of carbonyl (C=O) groups excluding carboxylic acids is 2. The van der Waals surface area contributed by atoms with E-state index in [1.807, 2.05) is 0 Å². The van der Waals surface area contributed by atoms with E-state index in [1.54, 1.807) is 0 Å². The van der Waals surface area contributed by atoms with Gasteiger partial charge in [-0.3, -0.25) is 9.59 Å². The van der Waals surface area contributed by atoms with Crippen molar-refractivity contribution >= 4 is 11.9 Å². The fourth-order valence-corrected chi connectivity index (χ4v) is 10.0. The number of rotatable bonds is 62. The van der Waals surface area contributed by atoms with Crippen molar-refractivity contribution in [3.05, 3.63) is 24.3 Å². The number of unbranched alkanes of at least 4 members (excludes halogenated alkanes) is 47. The molecule has 5 heteroatoms. The van der Waals surface area contributed by atoms with Crippen LogP contribution in [0.2, 0.25) is 0 Å². The summed E-state index contributed by atoms with van der Waals surface area (Å²) >= 11 is 0. The van der Waals surface area contributed by atoms with Gasteiger partial charge < -0.3 is 14.2 Å². The van der Waals surface area contributed by atoms with Gasteiger partial charge in [0.1, 0.15) is 6.61 Å². The molecule has 426 valence electrons. The summed E-state index contributed by atoms with van der Waals surface area (Å²) in [4.78, 5) is 25.6. The summed E-state index contributed by atoms with van der Waals surface area (Å²) in [7, 11) is 0. The Balaban J connectivity index is 4.22. The lowest BCUT2D eigenvalue weighted by atomic mass is 10.0. The monoisotopic (exact) mass is 1010 g/mol. The van der Waals surface area contributed by atoms with Gasteiger partial charge in [0, 0.05) is 19.4 Å². The average molecular weight is 1010 g/mol. The summed E-state index contributed by atoms with van der Waals surface area (Å²) in [5, 5.41) is 0. The first-order chi connectivity index (χ1) is 35.6. The second-order valence-electron chi connectivity index (χ2n) is 22.4. The maximum absolute atomic E-state index is 12.9. The summed E-state index contributed by atoms with van der Waals surface area (Å²) in [6, 6.07) is 0. The minimum Gasteiger partial charge on any atom is -0.462 e. The quantitative estimate of drug-likeness (QED) is 0.0345. The van der Waals surface area contributed by atoms with Gasteiger partial charge in [0.05, 0.1) is 6.61 Å². The Kier molecular flexibility index (Phi) is 62.2. The molecule has 0 N–H and O–H groups in total. The van der Waals surface area contributed by atoms with Gasteiger partial charge in [-0.2, -0.15) is 0 Å². The van der Waals surface area contributed by atoms with Gasteiger partial charge in [0.2, 0.25) is 0 Å². The third kappa shape index (κ3) is 60.9. The van der Waals surface area contributed by atoms with Crippen LogP contribution in [0.4, 0.5) is 0 Å². The Morgan fingerprint density at radius 3 is 0.847 bits per heavy atom. The number of allylic oxidation sites excluding steroid dienone is 4. The van der Waals surface area contributed by atoms with Crippen molar-refractivity contribution in [2.24, 2.45) is 0 Å². The number of ether oxygens (including phenoxy) is 3. The van der Waals surface area contributed by atoms with Crippen molar-refractivity contribution in [2.45, 2.75) is 374 Å². The lowest BCUT2D eigenvalue weighted by molar-refractivity contribution is -0.163. The van der Waals surface area contributed by atoms with Crippen LogP contribution in [-0.4, -0.2) is 37.9 Å². The number of esters is 2. The molecule has 0 saturated heterocycles. The Morgan fingerprint density at radius 2 is 0.542 bits per heavy atom. The molecule has 0 saturated carbocycles. The average Bonchev–Trinajstić information content (AvgIpc) is 3.38. The van der Waals surface area contributed by atoms with Crippen molar-refractivity contribution in [3.63, 3.8) is 0 Å². The summed E-state index contributed by atoms with van der Waals surface area (Å²) in [6.45, 7) is 7.91. The van der Waals surface area contributed by atoms with Crippen LogP contribution in [0.15, 0.2) is 24.3 Å². The molecule has 1 unspecified atom stereocenters. The lowest BCUT2D eigenvalue weighted by Gasteiger charge is -2.18. The van der Waals surface area contributed by atoms with Crippen molar-refractivity contribution in [1.82, 2.24) is 0 Å². The van der Waals surface area contributed by atoms with Gasteiger partial charge in [-0.25, -0.2) is 0 Å². The van der Waals surface area contributed by atoms with Crippen molar-refractivity contribution in [2.75, 3.05) is 19.8 Å². The largest absolute Gasteiger partial charge is 0.462 e. The highest BCUT2D eigenvalue weighted by Crippen LogP contribution is 2.18. The van der Waals surface area contributed by atoms with Crippen LogP contribution in [0.1, 0.15) is 367 Å². The van der Waals surface area contributed by atoms with Gasteiger partial charge in [-0.15, -0.1) is 0 Å². The Labute approximate surface area is 451 Å². The minimum atomic E-state index is -0.533. The fraction of sp³-hybridized carbons (Fsp3) is 0.910. The molecule has 0 aromatic heterocycles. The lowest BCUT2D eigenvalue weighted by Crippen LogP contribution is -2.30. The van der Waals surface area contributed by atoms with E-state index in [0.717, 1.165) is 32.1 Å². The Morgan fingerprint density at radius 1 is 0.292 bits per heavy atom. The molecule has 0 aliphatic carbocycles. The van der Waals surface area contributed by atoms with Gasteiger partial charge in [-0.05, 0) is 70.6 Å². The molecular formula is C67H128O5. The van der Waals surface area contributed by atoms with Crippen LogP contribution in [-0.2, 0) is 23.8 Å². The van der Waals surface area contributed by atoms with Gasteiger partial charge >= 0.3 is 11.9 Å². The number of carbonyl (C=O) groups is 2. The van der Waals surface area contributed by atoms with Crippen LogP contribution in [0.5, 0.6) is 0 Å². The molecule has 72 heavy (non-hydrogen) atoms. The van der Waals surface area contributed by atoms with E-state index in [4.69, 9.17) is 14.2 Å².